The highest BCUT2D eigenvalue weighted by Crippen LogP contribution is 1.98. The summed E-state index contributed by atoms with van der Waals surface area (Å²) in [5.41, 5.74) is 5.43. The first kappa shape index (κ1) is 15.7. The van der Waals surface area contributed by atoms with Crippen LogP contribution in [-0.4, -0.2) is 44.0 Å². The number of carbonyl (C=O) groups excluding carboxylic acids is 2. The molecule has 6 heteroatoms. The van der Waals surface area contributed by atoms with Crippen molar-refractivity contribution in [2.45, 2.75) is 18.9 Å². The van der Waals surface area contributed by atoms with Crippen LogP contribution in [0.2, 0.25) is 0 Å². The molecule has 0 aliphatic heterocycles. The van der Waals surface area contributed by atoms with Crippen LogP contribution in [0.4, 0.5) is 0 Å². The third-order valence-electron chi connectivity index (χ3n) is 1.67. The van der Waals surface area contributed by atoms with Gasteiger partial charge >= 0.3 is 5.97 Å². The molecule has 0 aromatic heterocycles. The third-order valence-corrected chi connectivity index (χ3v) is 1.67. The van der Waals surface area contributed by atoms with Crippen LogP contribution in [0.3, 0.4) is 0 Å². The van der Waals surface area contributed by atoms with Gasteiger partial charge in [-0.25, -0.2) is 0 Å². The van der Waals surface area contributed by atoms with E-state index in [0.717, 1.165) is 0 Å². The maximum absolute atomic E-state index is 11.1. The molecule has 84 valence electrons. The lowest BCUT2D eigenvalue weighted by molar-refractivity contribution is -0.142. The number of nitrogens with two attached hydrogens (primary N) is 1. The average molecular weight is 225 g/mol. The molecule has 0 unspecified atom stereocenters. The summed E-state index contributed by atoms with van der Waals surface area (Å²) < 4.78 is 4.42. The Labute approximate surface area is 90.0 Å². The Morgan fingerprint density at radius 2 is 1.93 bits per heavy atom. The molecule has 1 atom stereocenters. The van der Waals surface area contributed by atoms with Crippen LogP contribution in [0, 0.1) is 0 Å². The molecule has 0 aromatic rings. The molecule has 1 amide bonds. The summed E-state index contributed by atoms with van der Waals surface area (Å²) in [7, 11) is 4.59. The molecule has 0 heterocycles. The second-order valence-corrected chi connectivity index (χ2v) is 2.96. The topological polar surface area (TPSA) is 72.6 Å². The molecule has 0 rings (SSSR count). The fourth-order valence-electron chi connectivity index (χ4n) is 0.772. The molecular weight excluding hydrogens is 208 g/mol. The number of hydrogen-bond donors (Lipinski definition) is 1. The van der Waals surface area contributed by atoms with Crippen LogP contribution < -0.4 is 5.73 Å². The van der Waals surface area contributed by atoms with E-state index < -0.39 is 12.0 Å². The summed E-state index contributed by atoms with van der Waals surface area (Å²) in [6, 6.07) is -0.700. The first-order valence-corrected chi connectivity index (χ1v) is 4.02. The zero-order chi connectivity index (χ0) is 10.4. The van der Waals surface area contributed by atoms with Crippen molar-refractivity contribution in [2.75, 3.05) is 21.2 Å². The average Bonchev–Trinajstić information content (AvgIpc) is 2.11. The van der Waals surface area contributed by atoms with Crippen molar-refractivity contribution in [3.05, 3.63) is 0 Å². The highest BCUT2D eigenvalue weighted by Gasteiger charge is 2.15. The molecule has 0 bridgehead atoms. The monoisotopic (exact) mass is 224 g/mol. The van der Waals surface area contributed by atoms with E-state index in [0.29, 0.717) is 6.42 Å². The van der Waals surface area contributed by atoms with Crippen LogP contribution >= 0.6 is 12.4 Å². The Bertz CT molecular complexity index is 197. The molecule has 0 saturated carbocycles. The quantitative estimate of drug-likeness (QED) is 0.670. The second-order valence-electron chi connectivity index (χ2n) is 2.96. The minimum atomic E-state index is -0.700. The highest BCUT2D eigenvalue weighted by molar-refractivity contribution is 5.85. The lowest BCUT2D eigenvalue weighted by atomic mass is 10.1. The number of nitrogens with zero attached hydrogens (tertiary/aromatic N) is 1. The second kappa shape index (κ2) is 7.58. The van der Waals surface area contributed by atoms with Gasteiger partial charge in [0.15, 0.2) is 0 Å². The van der Waals surface area contributed by atoms with Gasteiger partial charge in [-0.05, 0) is 6.42 Å². The Hall–Kier alpha value is -0.810. The van der Waals surface area contributed by atoms with E-state index in [1.165, 1.54) is 12.0 Å². The Morgan fingerprint density at radius 3 is 2.29 bits per heavy atom. The van der Waals surface area contributed by atoms with Gasteiger partial charge in [0.05, 0.1) is 7.11 Å². The lowest BCUT2D eigenvalue weighted by Gasteiger charge is -2.12. The first-order valence-electron chi connectivity index (χ1n) is 4.02. The van der Waals surface area contributed by atoms with E-state index in [1.807, 2.05) is 0 Å². The first-order chi connectivity index (χ1) is 5.99. The molecule has 14 heavy (non-hydrogen) atoms. The van der Waals surface area contributed by atoms with E-state index in [9.17, 15) is 9.59 Å². The molecular formula is C8H17ClN2O3. The fraction of sp³-hybridized carbons (Fsp3) is 0.750. The molecule has 2 N–H and O–H groups in total. The van der Waals surface area contributed by atoms with Crippen molar-refractivity contribution >= 4 is 24.3 Å². The standard InChI is InChI=1S/C8H16N2O3.ClH/c1-10(2)7(11)5-4-6(9)8(12)13-3;/h6H,4-5,9H2,1-3H3;1H/t6-;/m0./s1. The van der Waals surface area contributed by atoms with Gasteiger partial charge in [0.2, 0.25) is 5.91 Å². The zero-order valence-corrected chi connectivity index (χ0v) is 9.47. The summed E-state index contributed by atoms with van der Waals surface area (Å²) in [5.74, 6) is -0.522. The van der Waals surface area contributed by atoms with Crippen molar-refractivity contribution in [1.82, 2.24) is 4.90 Å². The number of methoxy groups -OCH3 is 1. The number of amides is 1. The van der Waals surface area contributed by atoms with Crippen molar-refractivity contribution < 1.29 is 14.3 Å². The van der Waals surface area contributed by atoms with E-state index in [2.05, 4.69) is 4.74 Å². The molecule has 5 nitrogen and oxygen atoms in total. The van der Waals surface area contributed by atoms with Crippen molar-refractivity contribution in [1.29, 1.82) is 0 Å². The number of carbonyl (C=O) groups is 2. The predicted octanol–water partition coefficient (Wildman–Crippen LogP) is -0.223. The summed E-state index contributed by atoms with van der Waals surface area (Å²) in [6.07, 6.45) is 0.590. The smallest absolute Gasteiger partial charge is 0.322 e. The predicted molar refractivity (Wildman–Crippen MR) is 55.2 cm³/mol. The van der Waals surface area contributed by atoms with Crippen LogP contribution in [0.5, 0.6) is 0 Å². The van der Waals surface area contributed by atoms with Crippen molar-refractivity contribution in [2.24, 2.45) is 5.73 Å². The maximum atomic E-state index is 11.1. The van der Waals surface area contributed by atoms with Crippen LogP contribution in [0.1, 0.15) is 12.8 Å². The van der Waals surface area contributed by atoms with E-state index >= 15 is 0 Å². The van der Waals surface area contributed by atoms with Crippen LogP contribution in [-0.2, 0) is 14.3 Å². The SMILES string of the molecule is COC(=O)[C@@H](N)CCC(=O)N(C)C.Cl. The molecule has 0 aliphatic rings. The molecule has 0 saturated heterocycles. The molecule has 0 radical (unpaired) electrons. The number of esters is 1. The summed E-state index contributed by atoms with van der Waals surface area (Å²) in [5, 5.41) is 0. The van der Waals surface area contributed by atoms with Gasteiger partial charge in [0.1, 0.15) is 6.04 Å². The van der Waals surface area contributed by atoms with Gasteiger partial charge in [-0.15, -0.1) is 12.4 Å². The number of halogens is 1. The van der Waals surface area contributed by atoms with Crippen LogP contribution in [0.15, 0.2) is 0 Å². The van der Waals surface area contributed by atoms with Gasteiger partial charge in [-0.2, -0.15) is 0 Å². The molecule has 0 aromatic carbocycles. The van der Waals surface area contributed by atoms with E-state index in [1.54, 1.807) is 14.1 Å². The molecule has 0 aliphatic carbocycles. The van der Waals surface area contributed by atoms with Gasteiger partial charge in [0, 0.05) is 20.5 Å². The Kier molecular flexibility index (Phi) is 8.48. The number of ether oxygens (including phenoxy) is 1. The van der Waals surface area contributed by atoms with Gasteiger partial charge in [0.25, 0.3) is 0 Å². The number of rotatable bonds is 4. The van der Waals surface area contributed by atoms with Crippen LogP contribution in [0.25, 0.3) is 0 Å². The fourth-order valence-corrected chi connectivity index (χ4v) is 0.772. The maximum Gasteiger partial charge on any atom is 0.322 e. The third kappa shape index (κ3) is 5.77. The summed E-state index contributed by atoms with van der Waals surface area (Å²) >= 11 is 0. The van der Waals surface area contributed by atoms with E-state index in [4.69, 9.17) is 5.73 Å². The largest absolute Gasteiger partial charge is 0.468 e. The highest BCUT2D eigenvalue weighted by atomic mass is 35.5. The van der Waals surface area contributed by atoms with Gasteiger partial charge in [-0.3, -0.25) is 9.59 Å². The normalized spacial score (nSPS) is 11.1. The van der Waals surface area contributed by atoms with Crippen molar-refractivity contribution in [3.8, 4) is 0 Å². The Morgan fingerprint density at radius 1 is 1.43 bits per heavy atom. The minimum absolute atomic E-state index is 0. The summed E-state index contributed by atoms with van der Waals surface area (Å²) in [6.45, 7) is 0. The van der Waals surface area contributed by atoms with Crippen molar-refractivity contribution in [3.63, 3.8) is 0 Å². The molecule has 0 fully saturated rings. The van der Waals surface area contributed by atoms with E-state index in [-0.39, 0.29) is 24.7 Å². The zero-order valence-electron chi connectivity index (χ0n) is 8.65. The lowest BCUT2D eigenvalue weighted by Crippen LogP contribution is -2.33. The minimum Gasteiger partial charge on any atom is -0.468 e. The van der Waals surface area contributed by atoms with Gasteiger partial charge in [-0.1, -0.05) is 0 Å². The summed E-state index contributed by atoms with van der Waals surface area (Å²) in [4.78, 5) is 23.4. The Balaban J connectivity index is 0. The molecule has 0 spiro atoms. The number of hydrogen-bond acceptors (Lipinski definition) is 4. The van der Waals surface area contributed by atoms with Gasteiger partial charge < -0.3 is 15.4 Å².